The van der Waals surface area contributed by atoms with E-state index >= 15 is 0 Å². The first-order valence-corrected chi connectivity index (χ1v) is 4.34. The highest BCUT2D eigenvalue weighted by molar-refractivity contribution is 5.66. The molecule has 0 heterocycles. The van der Waals surface area contributed by atoms with Crippen LogP contribution < -0.4 is 5.73 Å². The molecule has 0 bridgehead atoms. The van der Waals surface area contributed by atoms with Gasteiger partial charge in [0.05, 0.1) is 0 Å². The van der Waals surface area contributed by atoms with Crippen molar-refractivity contribution in [2.75, 3.05) is 12.3 Å². The van der Waals surface area contributed by atoms with Gasteiger partial charge in [-0.1, -0.05) is 18.2 Å². The highest BCUT2D eigenvalue weighted by Gasteiger charge is 1.88. The summed E-state index contributed by atoms with van der Waals surface area (Å²) in [5, 5.41) is 0. The Kier molecular flexibility index (Phi) is 3.73. The van der Waals surface area contributed by atoms with Crippen molar-refractivity contribution < 1.29 is 11.0 Å². The summed E-state index contributed by atoms with van der Waals surface area (Å²) in [6, 6.07) is 7.45. The van der Waals surface area contributed by atoms with Crippen molar-refractivity contribution in [3.63, 3.8) is 0 Å². The van der Waals surface area contributed by atoms with Gasteiger partial charge in [-0.2, -0.15) is 0 Å². The molecule has 0 aromatic heterocycles. The molecule has 76 valence electrons. The predicted molar refractivity (Wildman–Crippen MR) is 58.6 cm³/mol. The van der Waals surface area contributed by atoms with Gasteiger partial charge in [0.2, 0.25) is 0 Å². The van der Waals surface area contributed by atoms with Gasteiger partial charge in [-0.3, -0.25) is 4.79 Å². The minimum atomic E-state index is -0.271. The van der Waals surface area contributed by atoms with Crippen LogP contribution in [0.3, 0.4) is 0 Å². The van der Waals surface area contributed by atoms with Crippen LogP contribution in [0.2, 0.25) is 0 Å². The maximum atomic E-state index is 10.4. The van der Waals surface area contributed by atoms with Crippen LogP contribution in [0, 0.1) is 0 Å². The molecule has 0 aliphatic heterocycles. The van der Waals surface area contributed by atoms with Crippen molar-refractivity contribution in [1.82, 2.24) is 0 Å². The van der Waals surface area contributed by atoms with E-state index in [0.717, 1.165) is 11.3 Å². The molecule has 1 aromatic rings. The molecule has 1 rings (SSSR count). The van der Waals surface area contributed by atoms with Crippen LogP contribution in [-0.2, 0) is 9.53 Å². The van der Waals surface area contributed by atoms with Gasteiger partial charge in [-0.25, -0.2) is 0 Å². The van der Waals surface area contributed by atoms with Gasteiger partial charge in [0.25, 0.3) is 0 Å². The third-order valence-corrected chi connectivity index (χ3v) is 1.63. The zero-order chi connectivity index (χ0) is 10.4. The zero-order valence-corrected chi connectivity index (χ0v) is 8.07. The third kappa shape index (κ3) is 3.76. The molecule has 0 atom stereocenters. The summed E-state index contributed by atoms with van der Waals surface area (Å²) in [6.07, 6.45) is 3.66. The number of carbonyl (C=O) groups excluding carboxylic acids is 1. The first-order valence-electron chi connectivity index (χ1n) is 4.34. The molecule has 0 fully saturated rings. The smallest absolute Gasteiger partial charge is 0.302 e. The van der Waals surface area contributed by atoms with Crippen molar-refractivity contribution >= 4 is 17.7 Å². The number of nitrogens with two attached hydrogens (primary N) is 1. The molecular weight excluding hydrogens is 178 g/mol. The van der Waals surface area contributed by atoms with Crippen molar-refractivity contribution in [2.45, 2.75) is 6.92 Å². The van der Waals surface area contributed by atoms with Gasteiger partial charge in [-0.15, -0.1) is 0 Å². The van der Waals surface area contributed by atoms with Crippen LogP contribution in [0.15, 0.2) is 30.3 Å². The Hall–Kier alpha value is -1.77. The number of anilines is 1. The van der Waals surface area contributed by atoms with E-state index in [0.29, 0.717) is 6.61 Å². The van der Waals surface area contributed by atoms with E-state index < -0.39 is 0 Å². The van der Waals surface area contributed by atoms with Crippen molar-refractivity contribution in [3.8, 4) is 0 Å². The number of ether oxygens (including phenoxy) is 1. The van der Waals surface area contributed by atoms with Crippen molar-refractivity contribution in [2.24, 2.45) is 0 Å². The average Bonchev–Trinajstić information content (AvgIpc) is 2.15. The molecule has 0 saturated carbocycles. The summed E-state index contributed by atoms with van der Waals surface area (Å²) in [5.74, 6) is -0.271. The third-order valence-electron chi connectivity index (χ3n) is 1.63. The van der Waals surface area contributed by atoms with Gasteiger partial charge in [0.15, 0.2) is 0 Å². The average molecular weight is 193 g/mol. The van der Waals surface area contributed by atoms with Gasteiger partial charge in [0.1, 0.15) is 6.61 Å². The van der Waals surface area contributed by atoms with E-state index in [-0.39, 0.29) is 7.40 Å². The van der Waals surface area contributed by atoms with Crippen LogP contribution in [0.25, 0.3) is 6.08 Å². The Morgan fingerprint density at radius 2 is 2.14 bits per heavy atom. The second-order valence-corrected chi connectivity index (χ2v) is 2.87. The fraction of sp³-hybridized carbons (Fsp3) is 0.182. The Morgan fingerprint density at radius 1 is 1.50 bits per heavy atom. The molecule has 0 amide bonds. The topological polar surface area (TPSA) is 52.3 Å². The minimum absolute atomic E-state index is 0. The molecule has 3 heteroatoms. The molecule has 0 radical (unpaired) electrons. The standard InChI is InChI=1S/C11H13NO2.H2/c1-9(13)14-8-2-3-10-4-6-11(12)7-5-10;/h2-7H,8,12H2,1H3;1H/b3-2+;. The molecular formula is C11H15NO2. The molecule has 0 aliphatic rings. The molecule has 2 N–H and O–H groups in total. The lowest BCUT2D eigenvalue weighted by Crippen LogP contribution is -1.97. The SMILES string of the molecule is CC(=O)OC/C=C/c1ccc(N)cc1.[HH]. The van der Waals surface area contributed by atoms with E-state index in [1.807, 2.05) is 30.3 Å². The van der Waals surface area contributed by atoms with E-state index in [1.54, 1.807) is 6.08 Å². The lowest BCUT2D eigenvalue weighted by Gasteiger charge is -1.96. The van der Waals surface area contributed by atoms with Gasteiger partial charge in [-0.05, 0) is 23.8 Å². The van der Waals surface area contributed by atoms with E-state index in [9.17, 15) is 4.79 Å². The zero-order valence-electron chi connectivity index (χ0n) is 8.07. The van der Waals surface area contributed by atoms with E-state index in [4.69, 9.17) is 10.5 Å². The maximum absolute atomic E-state index is 10.4. The summed E-state index contributed by atoms with van der Waals surface area (Å²) in [4.78, 5) is 10.4. The summed E-state index contributed by atoms with van der Waals surface area (Å²) < 4.78 is 4.74. The van der Waals surface area contributed by atoms with Crippen molar-refractivity contribution in [3.05, 3.63) is 35.9 Å². The Balaban J connectivity index is 0.00000196. The molecule has 0 saturated heterocycles. The van der Waals surface area contributed by atoms with Crippen LogP contribution >= 0.6 is 0 Å². The Bertz CT molecular complexity index is 333. The largest absolute Gasteiger partial charge is 0.462 e. The van der Waals surface area contributed by atoms with Crippen LogP contribution in [0.1, 0.15) is 13.9 Å². The normalized spacial score (nSPS) is 10.4. The number of hydrogen-bond acceptors (Lipinski definition) is 3. The quantitative estimate of drug-likeness (QED) is 0.590. The number of carbonyl (C=O) groups is 1. The molecule has 0 aliphatic carbocycles. The Morgan fingerprint density at radius 3 is 2.71 bits per heavy atom. The van der Waals surface area contributed by atoms with E-state index in [1.165, 1.54) is 6.92 Å². The molecule has 14 heavy (non-hydrogen) atoms. The van der Waals surface area contributed by atoms with Crippen LogP contribution in [0.5, 0.6) is 0 Å². The first kappa shape index (κ1) is 10.3. The monoisotopic (exact) mass is 193 g/mol. The minimum Gasteiger partial charge on any atom is -0.462 e. The van der Waals surface area contributed by atoms with Gasteiger partial charge < -0.3 is 10.5 Å². The van der Waals surface area contributed by atoms with Gasteiger partial charge in [0, 0.05) is 14.0 Å². The molecule has 0 spiro atoms. The van der Waals surface area contributed by atoms with Crippen molar-refractivity contribution in [1.29, 1.82) is 0 Å². The van der Waals surface area contributed by atoms with Crippen LogP contribution in [-0.4, -0.2) is 12.6 Å². The van der Waals surface area contributed by atoms with E-state index in [2.05, 4.69) is 0 Å². The predicted octanol–water partition coefficient (Wildman–Crippen LogP) is 2.09. The van der Waals surface area contributed by atoms with Crippen LogP contribution in [0.4, 0.5) is 5.69 Å². The lowest BCUT2D eigenvalue weighted by molar-refractivity contribution is -0.139. The number of benzene rings is 1. The second kappa shape index (κ2) is 5.07. The Labute approximate surface area is 84.7 Å². The number of esters is 1. The first-order chi connectivity index (χ1) is 6.68. The summed E-state index contributed by atoms with van der Waals surface area (Å²) >= 11 is 0. The fourth-order valence-corrected chi connectivity index (χ4v) is 0.957. The highest BCUT2D eigenvalue weighted by Crippen LogP contribution is 2.06. The van der Waals surface area contributed by atoms with Gasteiger partial charge >= 0.3 is 5.97 Å². The second-order valence-electron chi connectivity index (χ2n) is 2.87. The number of hydrogen-bond donors (Lipinski definition) is 1. The maximum Gasteiger partial charge on any atom is 0.302 e. The lowest BCUT2D eigenvalue weighted by atomic mass is 10.2. The number of nitrogen functional groups attached to an aromatic ring is 1. The number of rotatable bonds is 3. The molecule has 0 unspecified atom stereocenters. The summed E-state index contributed by atoms with van der Waals surface area (Å²) in [7, 11) is 0. The highest BCUT2D eigenvalue weighted by atomic mass is 16.5. The molecule has 1 aromatic carbocycles. The summed E-state index contributed by atoms with van der Waals surface area (Å²) in [5.41, 5.74) is 7.30. The molecule has 3 nitrogen and oxygen atoms in total. The summed E-state index contributed by atoms with van der Waals surface area (Å²) in [6.45, 7) is 1.69. The fourth-order valence-electron chi connectivity index (χ4n) is 0.957.